The fourth-order valence-corrected chi connectivity index (χ4v) is 0.827. The standard InChI is InChI=1S/C7H6F2O3/c1-3-2-4(6(8)9)12-5(3)7(10)11/h2,6H,1H3,(H,10,11). The molecule has 0 aromatic carbocycles. The number of halogens is 2. The summed E-state index contributed by atoms with van der Waals surface area (Å²) in [4.78, 5) is 10.3. The molecule has 0 spiro atoms. The third kappa shape index (κ3) is 1.44. The summed E-state index contributed by atoms with van der Waals surface area (Å²) >= 11 is 0. The SMILES string of the molecule is Cc1cc(C(F)F)oc1C(=O)O. The van der Waals surface area contributed by atoms with Gasteiger partial charge in [0.15, 0.2) is 5.76 Å². The zero-order chi connectivity index (χ0) is 9.30. The highest BCUT2D eigenvalue weighted by atomic mass is 19.3. The molecule has 0 aliphatic rings. The van der Waals surface area contributed by atoms with Gasteiger partial charge in [0.25, 0.3) is 6.43 Å². The molecule has 0 radical (unpaired) electrons. The van der Waals surface area contributed by atoms with Crippen LogP contribution in [-0.4, -0.2) is 11.1 Å². The van der Waals surface area contributed by atoms with Gasteiger partial charge >= 0.3 is 5.97 Å². The minimum absolute atomic E-state index is 0.206. The fourth-order valence-electron chi connectivity index (χ4n) is 0.827. The molecule has 0 fully saturated rings. The van der Waals surface area contributed by atoms with Crippen molar-refractivity contribution in [2.75, 3.05) is 0 Å². The van der Waals surface area contributed by atoms with Gasteiger partial charge in [-0.15, -0.1) is 0 Å². The number of furan rings is 1. The van der Waals surface area contributed by atoms with Crippen molar-refractivity contribution < 1.29 is 23.1 Å². The summed E-state index contributed by atoms with van der Waals surface area (Å²) in [6.45, 7) is 1.40. The molecular weight excluding hydrogens is 170 g/mol. The molecule has 0 bridgehead atoms. The van der Waals surface area contributed by atoms with Crippen molar-refractivity contribution >= 4 is 5.97 Å². The Morgan fingerprint density at radius 2 is 2.25 bits per heavy atom. The molecule has 1 heterocycles. The second kappa shape index (κ2) is 2.92. The first-order valence-corrected chi connectivity index (χ1v) is 3.14. The summed E-state index contributed by atoms with van der Waals surface area (Å²) in [6.07, 6.45) is -2.77. The molecule has 0 unspecified atom stereocenters. The van der Waals surface area contributed by atoms with E-state index in [0.717, 1.165) is 6.07 Å². The van der Waals surface area contributed by atoms with Gasteiger partial charge in [-0.3, -0.25) is 0 Å². The third-order valence-corrected chi connectivity index (χ3v) is 1.35. The number of hydrogen-bond acceptors (Lipinski definition) is 2. The smallest absolute Gasteiger partial charge is 0.372 e. The van der Waals surface area contributed by atoms with Gasteiger partial charge in [0, 0.05) is 5.56 Å². The van der Waals surface area contributed by atoms with Gasteiger partial charge in [0.2, 0.25) is 5.76 Å². The van der Waals surface area contributed by atoms with Crippen molar-refractivity contribution in [2.24, 2.45) is 0 Å². The minimum Gasteiger partial charge on any atom is -0.475 e. The van der Waals surface area contributed by atoms with Crippen LogP contribution in [0.5, 0.6) is 0 Å². The number of carboxylic acids is 1. The van der Waals surface area contributed by atoms with Gasteiger partial charge in [-0.2, -0.15) is 0 Å². The highest BCUT2D eigenvalue weighted by Crippen LogP contribution is 2.24. The van der Waals surface area contributed by atoms with Crippen LogP contribution in [0, 0.1) is 6.92 Å². The Labute approximate surface area is 66.6 Å². The fraction of sp³-hybridized carbons (Fsp3) is 0.286. The van der Waals surface area contributed by atoms with E-state index in [-0.39, 0.29) is 5.56 Å². The topological polar surface area (TPSA) is 50.4 Å². The molecule has 1 rings (SSSR count). The van der Waals surface area contributed by atoms with Crippen LogP contribution in [0.15, 0.2) is 10.5 Å². The predicted octanol–water partition coefficient (Wildman–Crippen LogP) is 2.22. The van der Waals surface area contributed by atoms with E-state index in [0.29, 0.717) is 0 Å². The van der Waals surface area contributed by atoms with E-state index in [9.17, 15) is 13.6 Å². The number of hydrogen-bond donors (Lipinski definition) is 1. The number of aromatic carboxylic acids is 1. The lowest BCUT2D eigenvalue weighted by atomic mass is 10.3. The molecule has 5 heteroatoms. The lowest BCUT2D eigenvalue weighted by molar-refractivity contribution is 0.0643. The summed E-state index contributed by atoms with van der Waals surface area (Å²) in [7, 11) is 0. The molecule has 1 aromatic heterocycles. The van der Waals surface area contributed by atoms with Crippen LogP contribution in [0.25, 0.3) is 0 Å². The lowest BCUT2D eigenvalue weighted by Crippen LogP contribution is -1.94. The number of aryl methyl sites for hydroxylation is 1. The van der Waals surface area contributed by atoms with E-state index < -0.39 is 23.9 Å². The van der Waals surface area contributed by atoms with Crippen molar-refractivity contribution in [1.82, 2.24) is 0 Å². The monoisotopic (exact) mass is 176 g/mol. The zero-order valence-corrected chi connectivity index (χ0v) is 6.17. The Bertz CT molecular complexity index is 304. The Morgan fingerprint density at radius 3 is 2.50 bits per heavy atom. The van der Waals surface area contributed by atoms with E-state index in [1.165, 1.54) is 6.92 Å². The largest absolute Gasteiger partial charge is 0.475 e. The number of alkyl halides is 2. The average molecular weight is 176 g/mol. The van der Waals surface area contributed by atoms with Gasteiger partial charge in [0.05, 0.1) is 0 Å². The van der Waals surface area contributed by atoms with Gasteiger partial charge in [-0.25, -0.2) is 13.6 Å². The van der Waals surface area contributed by atoms with Crippen molar-refractivity contribution in [1.29, 1.82) is 0 Å². The van der Waals surface area contributed by atoms with Crippen LogP contribution in [0.3, 0.4) is 0 Å². The highest BCUT2D eigenvalue weighted by Gasteiger charge is 2.19. The highest BCUT2D eigenvalue weighted by molar-refractivity contribution is 5.86. The summed E-state index contributed by atoms with van der Waals surface area (Å²) < 4.78 is 28.3. The first kappa shape index (κ1) is 8.70. The third-order valence-electron chi connectivity index (χ3n) is 1.35. The van der Waals surface area contributed by atoms with E-state index in [2.05, 4.69) is 4.42 Å². The van der Waals surface area contributed by atoms with Gasteiger partial charge in [-0.05, 0) is 13.0 Å². The van der Waals surface area contributed by atoms with Gasteiger partial charge in [-0.1, -0.05) is 0 Å². The number of carbonyl (C=O) groups is 1. The van der Waals surface area contributed by atoms with Crippen LogP contribution in [-0.2, 0) is 0 Å². The first-order chi connectivity index (χ1) is 5.52. The van der Waals surface area contributed by atoms with Crippen LogP contribution < -0.4 is 0 Å². The summed E-state index contributed by atoms with van der Waals surface area (Å²) in [5, 5.41) is 8.42. The van der Waals surface area contributed by atoms with Crippen molar-refractivity contribution in [3.8, 4) is 0 Å². The number of rotatable bonds is 2. The Balaban J connectivity index is 3.09. The van der Waals surface area contributed by atoms with Crippen molar-refractivity contribution in [3.63, 3.8) is 0 Å². The second-order valence-corrected chi connectivity index (χ2v) is 2.27. The summed E-state index contributed by atoms with van der Waals surface area (Å²) in [5.41, 5.74) is 0.206. The Morgan fingerprint density at radius 1 is 1.67 bits per heavy atom. The predicted molar refractivity (Wildman–Crippen MR) is 35.4 cm³/mol. The molecule has 3 nitrogen and oxygen atoms in total. The molecule has 0 aliphatic carbocycles. The lowest BCUT2D eigenvalue weighted by Gasteiger charge is -1.90. The maximum Gasteiger partial charge on any atom is 0.372 e. The molecule has 1 aromatic rings. The van der Waals surface area contributed by atoms with E-state index in [1.54, 1.807) is 0 Å². The summed E-state index contributed by atoms with van der Waals surface area (Å²) in [6, 6.07) is 1.02. The number of carboxylic acid groups (broad SMARTS) is 1. The zero-order valence-electron chi connectivity index (χ0n) is 6.17. The second-order valence-electron chi connectivity index (χ2n) is 2.27. The molecular formula is C7H6F2O3. The summed E-state index contributed by atoms with van der Waals surface area (Å²) in [5.74, 6) is -2.37. The van der Waals surface area contributed by atoms with Crippen LogP contribution in [0.4, 0.5) is 8.78 Å². The van der Waals surface area contributed by atoms with Gasteiger partial charge < -0.3 is 9.52 Å². The Hall–Kier alpha value is -1.39. The average Bonchev–Trinajstić information content (AvgIpc) is 2.30. The molecule has 0 saturated carbocycles. The van der Waals surface area contributed by atoms with Crippen molar-refractivity contribution in [3.05, 3.63) is 23.2 Å². The van der Waals surface area contributed by atoms with E-state index >= 15 is 0 Å². The van der Waals surface area contributed by atoms with Crippen LogP contribution >= 0.6 is 0 Å². The van der Waals surface area contributed by atoms with Crippen LogP contribution in [0.2, 0.25) is 0 Å². The molecule has 0 saturated heterocycles. The molecule has 0 atom stereocenters. The first-order valence-electron chi connectivity index (χ1n) is 3.14. The molecule has 1 N–H and O–H groups in total. The minimum atomic E-state index is -2.77. The van der Waals surface area contributed by atoms with Gasteiger partial charge in [0.1, 0.15) is 0 Å². The maximum absolute atomic E-state index is 11.9. The maximum atomic E-state index is 11.9. The quantitative estimate of drug-likeness (QED) is 0.751. The molecule has 66 valence electrons. The molecule has 0 aliphatic heterocycles. The Kier molecular flexibility index (Phi) is 2.12. The normalized spacial score (nSPS) is 10.7. The van der Waals surface area contributed by atoms with Crippen molar-refractivity contribution in [2.45, 2.75) is 13.3 Å². The molecule has 0 amide bonds. The van der Waals surface area contributed by atoms with E-state index in [1.807, 2.05) is 0 Å². The molecule has 12 heavy (non-hydrogen) atoms. The van der Waals surface area contributed by atoms with Crippen LogP contribution in [0.1, 0.15) is 28.3 Å². The van der Waals surface area contributed by atoms with E-state index in [4.69, 9.17) is 5.11 Å².